The molecule has 20 heteroatoms. The van der Waals surface area contributed by atoms with E-state index in [1.165, 1.54) is 50.2 Å². The zero-order chi connectivity index (χ0) is 49.1. The molecule has 1 fully saturated rings. The van der Waals surface area contributed by atoms with E-state index in [2.05, 4.69) is 36.9 Å². The number of benzene rings is 4. The Morgan fingerprint density at radius 2 is 1.09 bits per heavy atom. The number of aromatic nitrogens is 1. The zero-order valence-corrected chi connectivity index (χ0v) is 37.5. The molecule has 1 aliphatic heterocycles. The largest absolute Gasteiger partial charge is 0.508 e. The van der Waals surface area contributed by atoms with Crippen LogP contribution >= 0.6 is 11.6 Å². The minimum absolute atomic E-state index is 0.0266. The summed E-state index contributed by atoms with van der Waals surface area (Å²) in [4.78, 5) is 102. The van der Waals surface area contributed by atoms with E-state index in [-0.39, 0.29) is 64.2 Å². The minimum Gasteiger partial charge on any atom is -0.508 e. The topological polar surface area (TPSA) is 298 Å². The van der Waals surface area contributed by atoms with Crippen LogP contribution in [0.3, 0.4) is 0 Å². The van der Waals surface area contributed by atoms with Crippen molar-refractivity contribution < 1.29 is 58.7 Å². The Morgan fingerprint density at radius 3 is 1.63 bits per heavy atom. The summed E-state index contributed by atoms with van der Waals surface area (Å²) in [5.41, 5.74) is 1.55. The molecule has 5 aromatic rings. The molecule has 4 aromatic carbocycles. The predicted octanol–water partition coefficient (Wildman–Crippen LogP) is 1.95. The van der Waals surface area contributed by atoms with Gasteiger partial charge in [-0.1, -0.05) is 72.3 Å². The molecule has 7 atom stereocenters. The first-order chi connectivity index (χ1) is 32.4. The number of cyclic esters (lactones) is 1. The van der Waals surface area contributed by atoms with Gasteiger partial charge in [0, 0.05) is 37.8 Å². The van der Waals surface area contributed by atoms with Crippen molar-refractivity contribution in [3.8, 4) is 23.0 Å². The highest BCUT2D eigenvalue weighted by Crippen LogP contribution is 2.24. The number of aromatic amines is 1. The molecule has 6 amide bonds. The lowest BCUT2D eigenvalue weighted by molar-refractivity contribution is -0.156. The van der Waals surface area contributed by atoms with Crippen LogP contribution in [0.25, 0.3) is 0 Å². The second kappa shape index (κ2) is 22.4. The maximum atomic E-state index is 14.6. The summed E-state index contributed by atoms with van der Waals surface area (Å²) in [7, 11) is 0. The van der Waals surface area contributed by atoms with Gasteiger partial charge in [-0.25, -0.2) is 4.79 Å². The van der Waals surface area contributed by atoms with Gasteiger partial charge in [0.1, 0.15) is 76.2 Å². The average Bonchev–Trinajstić information content (AvgIpc) is 3.73. The van der Waals surface area contributed by atoms with Crippen LogP contribution in [0.5, 0.6) is 23.0 Å². The van der Waals surface area contributed by atoms with Gasteiger partial charge in [0.2, 0.25) is 29.5 Å². The summed E-state index contributed by atoms with van der Waals surface area (Å²) >= 11 is 6.02. The molecule has 356 valence electrons. The van der Waals surface area contributed by atoms with E-state index in [1.807, 2.05) is 0 Å². The van der Waals surface area contributed by atoms with E-state index < -0.39 is 90.2 Å². The minimum atomic E-state index is -1.80. The number of carbonyl (C=O) groups excluding carboxylic acids is 7. The van der Waals surface area contributed by atoms with E-state index in [0.29, 0.717) is 11.1 Å². The molecule has 1 aromatic heterocycles. The van der Waals surface area contributed by atoms with Crippen molar-refractivity contribution in [2.75, 3.05) is 0 Å². The van der Waals surface area contributed by atoms with Gasteiger partial charge >= 0.3 is 5.97 Å². The number of phenols is 4. The third-order valence-electron chi connectivity index (χ3n) is 10.9. The van der Waals surface area contributed by atoms with E-state index in [4.69, 9.17) is 16.3 Å². The number of amides is 6. The SMILES string of the molecule is CC1NC(=O)C(Cc2ccccc2)NC(=O)C(NC(=O)C(Cc2ccccc2)NC(=O)c2ccc(Cl)[nH]2)C(C)OC(=O)C(Cc2cc(O)cc(O)c2)NC(=O)C(Cc2cc(O)cc(O)c2)NC1=O. The fraction of sp³-hybridized carbons (Fsp3) is 0.271. The number of esters is 1. The number of hydrogen-bond donors (Lipinski definition) is 11. The van der Waals surface area contributed by atoms with Crippen molar-refractivity contribution in [1.29, 1.82) is 0 Å². The Bertz CT molecular complexity index is 2610. The highest BCUT2D eigenvalue weighted by molar-refractivity contribution is 6.29. The van der Waals surface area contributed by atoms with Crippen molar-refractivity contribution >= 4 is 53.0 Å². The smallest absolute Gasteiger partial charge is 0.329 e. The molecule has 7 unspecified atom stereocenters. The fourth-order valence-corrected chi connectivity index (χ4v) is 7.64. The van der Waals surface area contributed by atoms with Gasteiger partial charge in [0.25, 0.3) is 5.91 Å². The first-order valence-electron chi connectivity index (χ1n) is 21.4. The maximum Gasteiger partial charge on any atom is 0.329 e. The van der Waals surface area contributed by atoms with Crippen LogP contribution < -0.4 is 31.9 Å². The summed E-state index contributed by atoms with van der Waals surface area (Å²) in [6.07, 6.45) is -2.59. The van der Waals surface area contributed by atoms with Gasteiger partial charge in [-0.3, -0.25) is 28.8 Å². The number of aromatic hydroxyl groups is 4. The van der Waals surface area contributed by atoms with E-state index in [9.17, 15) is 54.0 Å². The summed E-state index contributed by atoms with van der Waals surface area (Å²) in [5.74, 6) is -8.03. The molecule has 2 heterocycles. The normalized spacial score (nSPS) is 21.0. The number of phenolic OH excluding ortho intramolecular Hbond substituents is 4. The lowest BCUT2D eigenvalue weighted by Gasteiger charge is -2.31. The van der Waals surface area contributed by atoms with Crippen LogP contribution in [0.1, 0.15) is 46.6 Å². The van der Waals surface area contributed by atoms with Crippen LogP contribution in [-0.2, 0) is 59.2 Å². The number of rotatable bonds is 12. The zero-order valence-electron chi connectivity index (χ0n) is 36.7. The van der Waals surface area contributed by atoms with Crippen LogP contribution in [0, 0.1) is 0 Å². The van der Waals surface area contributed by atoms with Crippen molar-refractivity contribution in [3.05, 3.63) is 142 Å². The third-order valence-corrected chi connectivity index (χ3v) is 11.1. The van der Waals surface area contributed by atoms with Crippen molar-refractivity contribution in [1.82, 2.24) is 36.9 Å². The molecule has 68 heavy (non-hydrogen) atoms. The summed E-state index contributed by atoms with van der Waals surface area (Å²) in [6.45, 7) is 2.61. The molecule has 0 aliphatic carbocycles. The van der Waals surface area contributed by atoms with Gasteiger partial charge in [-0.15, -0.1) is 0 Å². The lowest BCUT2D eigenvalue weighted by atomic mass is 10.0. The first-order valence-corrected chi connectivity index (χ1v) is 21.8. The molecule has 19 nitrogen and oxygen atoms in total. The van der Waals surface area contributed by atoms with Crippen LogP contribution in [0.2, 0.25) is 5.15 Å². The van der Waals surface area contributed by atoms with Crippen molar-refractivity contribution in [2.24, 2.45) is 0 Å². The Labute approximate surface area is 394 Å². The molecule has 11 N–H and O–H groups in total. The van der Waals surface area contributed by atoms with Gasteiger partial charge in [0.15, 0.2) is 0 Å². The fourth-order valence-electron chi connectivity index (χ4n) is 7.47. The van der Waals surface area contributed by atoms with Gasteiger partial charge in [0.05, 0.1) is 0 Å². The molecule has 1 saturated heterocycles. The molecule has 0 bridgehead atoms. The second-order valence-corrected chi connectivity index (χ2v) is 16.7. The van der Waals surface area contributed by atoms with E-state index >= 15 is 0 Å². The number of ether oxygens (including phenoxy) is 1. The number of nitrogens with one attached hydrogen (secondary N) is 7. The standard InChI is InChI=1S/C48H50ClN7O12/c1-25-42(61)52-38(21-29-15-31(57)23-32(58)16-29)45(64)55-39(22-30-17-33(59)24-34(60)18-30)48(67)68-26(2)41(47(66)54-36(44(63)50-25)19-27-9-5-3-6-10-27)56-46(65)37(20-28-11-7-4-8-12-28)53-43(62)35-13-14-40(49)51-35/h3-18,23-26,36-39,41,51,57-60H,19-22H2,1-2H3,(H,50,63)(H,52,61)(H,53,62)(H,54,66)(H,55,64)(H,56,65). The Hall–Kier alpha value is -8.06. The van der Waals surface area contributed by atoms with Gasteiger partial charge in [-0.05, 0) is 72.5 Å². The lowest BCUT2D eigenvalue weighted by Crippen LogP contribution is -2.63. The van der Waals surface area contributed by atoms with Crippen LogP contribution in [0.4, 0.5) is 0 Å². The summed E-state index contributed by atoms with van der Waals surface area (Å²) in [6, 6.07) is 17.9. The van der Waals surface area contributed by atoms with Crippen molar-refractivity contribution in [2.45, 2.75) is 81.9 Å². The quantitative estimate of drug-likeness (QED) is 0.0801. The van der Waals surface area contributed by atoms with E-state index in [0.717, 1.165) is 12.1 Å². The number of carbonyl (C=O) groups is 7. The molecular formula is C48H50ClN7O12. The summed E-state index contributed by atoms with van der Waals surface area (Å²) in [5, 5.41) is 56.7. The first kappa shape index (κ1) is 49.4. The third kappa shape index (κ3) is 13.7. The van der Waals surface area contributed by atoms with Crippen LogP contribution in [0.15, 0.2) is 109 Å². The molecule has 6 rings (SSSR count). The average molecular weight is 952 g/mol. The number of H-pyrrole nitrogens is 1. The summed E-state index contributed by atoms with van der Waals surface area (Å²) < 4.78 is 5.87. The van der Waals surface area contributed by atoms with Gasteiger partial charge < -0.3 is 62.0 Å². The predicted molar refractivity (Wildman–Crippen MR) is 245 cm³/mol. The Balaban J connectivity index is 1.40. The molecule has 1 aliphatic rings. The molecule has 0 saturated carbocycles. The Kier molecular flexibility index (Phi) is 16.3. The molecular weight excluding hydrogens is 902 g/mol. The second-order valence-electron chi connectivity index (χ2n) is 16.3. The molecule has 0 spiro atoms. The highest BCUT2D eigenvalue weighted by Gasteiger charge is 2.38. The van der Waals surface area contributed by atoms with Crippen LogP contribution in [-0.4, -0.2) is 109 Å². The van der Waals surface area contributed by atoms with E-state index in [1.54, 1.807) is 60.7 Å². The van der Waals surface area contributed by atoms with Crippen molar-refractivity contribution in [3.63, 3.8) is 0 Å². The highest BCUT2D eigenvalue weighted by atomic mass is 35.5. The maximum absolute atomic E-state index is 14.6. The van der Waals surface area contributed by atoms with Gasteiger partial charge in [-0.2, -0.15) is 0 Å². The molecule has 0 radical (unpaired) electrons. The Morgan fingerprint density at radius 1 is 0.603 bits per heavy atom. The monoisotopic (exact) mass is 951 g/mol. The number of halogens is 1. The number of hydrogen-bond acceptors (Lipinski definition) is 12.